The van der Waals surface area contributed by atoms with Crippen molar-refractivity contribution >= 4 is 44.3 Å². The zero-order valence-electron chi connectivity index (χ0n) is 16.9. The Kier molecular flexibility index (Phi) is 5.59. The third-order valence-corrected chi connectivity index (χ3v) is 5.84. The number of hydrogen-bond acceptors (Lipinski definition) is 6. The van der Waals surface area contributed by atoms with Crippen LogP contribution in [0.3, 0.4) is 0 Å². The fourth-order valence-electron chi connectivity index (χ4n) is 3.29. The van der Waals surface area contributed by atoms with Gasteiger partial charge in [0.05, 0.1) is 17.3 Å². The van der Waals surface area contributed by atoms with Crippen molar-refractivity contribution in [2.24, 2.45) is 0 Å². The summed E-state index contributed by atoms with van der Waals surface area (Å²) in [4.78, 5) is 17.3. The van der Waals surface area contributed by atoms with Gasteiger partial charge in [-0.05, 0) is 57.0 Å². The lowest BCUT2D eigenvalue weighted by molar-refractivity contribution is 0.0949. The highest BCUT2D eigenvalue weighted by Crippen LogP contribution is 2.28. The number of fused-ring (bicyclic) bond motifs is 1. The van der Waals surface area contributed by atoms with Crippen molar-refractivity contribution in [3.05, 3.63) is 69.3 Å². The van der Waals surface area contributed by atoms with E-state index in [2.05, 4.69) is 36.7 Å². The molecule has 3 aromatic heterocycles. The molecule has 8 heteroatoms. The third-order valence-electron chi connectivity index (χ3n) is 4.95. The molecule has 30 heavy (non-hydrogen) atoms. The topological polar surface area (TPSA) is 93.2 Å². The van der Waals surface area contributed by atoms with E-state index in [1.807, 2.05) is 45.0 Å². The number of benzene rings is 1. The SMILES string of the molecule is Cc1cc(Nc2nc(C(=O)NCCc3c(C)noc3C)cc3occc23)ccc1Br. The van der Waals surface area contributed by atoms with Crippen LogP contribution in [-0.2, 0) is 6.42 Å². The summed E-state index contributed by atoms with van der Waals surface area (Å²) in [6.07, 6.45) is 2.22. The van der Waals surface area contributed by atoms with E-state index in [1.54, 1.807) is 12.3 Å². The van der Waals surface area contributed by atoms with Crippen molar-refractivity contribution in [2.75, 3.05) is 11.9 Å². The maximum absolute atomic E-state index is 12.7. The fraction of sp³-hybridized carbons (Fsp3) is 0.227. The van der Waals surface area contributed by atoms with Crippen LogP contribution < -0.4 is 10.6 Å². The van der Waals surface area contributed by atoms with Gasteiger partial charge in [-0.2, -0.15) is 0 Å². The van der Waals surface area contributed by atoms with Gasteiger partial charge >= 0.3 is 0 Å². The van der Waals surface area contributed by atoms with Gasteiger partial charge in [0.2, 0.25) is 0 Å². The van der Waals surface area contributed by atoms with Gasteiger partial charge in [0.15, 0.2) is 0 Å². The number of furan rings is 1. The van der Waals surface area contributed by atoms with Gasteiger partial charge in [0, 0.05) is 28.3 Å². The minimum absolute atomic E-state index is 0.268. The molecule has 4 aromatic rings. The monoisotopic (exact) mass is 468 g/mol. The van der Waals surface area contributed by atoms with E-state index in [4.69, 9.17) is 8.94 Å². The summed E-state index contributed by atoms with van der Waals surface area (Å²) < 4.78 is 11.7. The highest BCUT2D eigenvalue weighted by Gasteiger charge is 2.15. The standard InChI is InChI=1S/C22H21BrN4O3/c1-12-10-15(4-5-18(12)23)25-21-17-7-9-29-20(17)11-19(26-21)22(28)24-8-6-16-13(2)27-30-14(16)3/h4-5,7,9-11H,6,8H2,1-3H3,(H,24,28)(H,25,26). The molecule has 0 atom stereocenters. The molecule has 4 rings (SSSR count). The quantitative estimate of drug-likeness (QED) is 0.402. The fourth-order valence-corrected chi connectivity index (χ4v) is 3.53. The van der Waals surface area contributed by atoms with Crippen molar-refractivity contribution in [2.45, 2.75) is 27.2 Å². The molecule has 2 N–H and O–H groups in total. The summed E-state index contributed by atoms with van der Waals surface area (Å²) in [5.74, 6) is 1.07. The Hall–Kier alpha value is -3.13. The van der Waals surface area contributed by atoms with E-state index in [0.717, 1.165) is 38.1 Å². The second-order valence-electron chi connectivity index (χ2n) is 7.09. The molecule has 0 saturated carbocycles. The van der Waals surface area contributed by atoms with Crippen LogP contribution in [0.25, 0.3) is 11.0 Å². The smallest absolute Gasteiger partial charge is 0.270 e. The molecule has 0 unspecified atom stereocenters. The number of rotatable bonds is 6. The van der Waals surface area contributed by atoms with Gasteiger partial charge in [-0.25, -0.2) is 4.98 Å². The summed E-state index contributed by atoms with van der Waals surface area (Å²) in [6, 6.07) is 9.40. The maximum Gasteiger partial charge on any atom is 0.270 e. The first-order valence-corrected chi connectivity index (χ1v) is 10.3. The molecule has 0 saturated heterocycles. The van der Waals surface area contributed by atoms with E-state index in [-0.39, 0.29) is 11.6 Å². The Morgan fingerprint density at radius 3 is 2.73 bits per heavy atom. The molecule has 0 radical (unpaired) electrons. The van der Waals surface area contributed by atoms with Crippen molar-refractivity contribution in [1.82, 2.24) is 15.5 Å². The molecular weight excluding hydrogens is 448 g/mol. The summed E-state index contributed by atoms with van der Waals surface area (Å²) >= 11 is 3.51. The first-order valence-electron chi connectivity index (χ1n) is 9.53. The number of nitrogens with zero attached hydrogens (tertiary/aromatic N) is 2. The van der Waals surface area contributed by atoms with E-state index in [1.165, 1.54) is 0 Å². The molecule has 7 nitrogen and oxygen atoms in total. The number of carbonyl (C=O) groups is 1. The zero-order valence-corrected chi connectivity index (χ0v) is 18.5. The number of anilines is 2. The Bertz CT molecular complexity index is 1210. The molecule has 0 aliphatic heterocycles. The number of aryl methyl sites for hydroxylation is 3. The van der Waals surface area contributed by atoms with Crippen molar-refractivity contribution in [1.29, 1.82) is 0 Å². The minimum atomic E-state index is -0.268. The lowest BCUT2D eigenvalue weighted by atomic mass is 10.1. The molecule has 1 amide bonds. The zero-order chi connectivity index (χ0) is 21.3. The van der Waals surface area contributed by atoms with Gasteiger partial charge in [0.25, 0.3) is 5.91 Å². The second-order valence-corrected chi connectivity index (χ2v) is 7.94. The van der Waals surface area contributed by atoms with Gasteiger partial charge in [0.1, 0.15) is 22.9 Å². The van der Waals surface area contributed by atoms with Crippen LogP contribution in [0.2, 0.25) is 0 Å². The predicted molar refractivity (Wildman–Crippen MR) is 118 cm³/mol. The van der Waals surface area contributed by atoms with Crippen LogP contribution in [-0.4, -0.2) is 22.6 Å². The summed E-state index contributed by atoms with van der Waals surface area (Å²) in [5, 5.41) is 11.0. The number of halogens is 1. The number of aromatic nitrogens is 2. The van der Waals surface area contributed by atoms with Gasteiger partial charge in [-0.15, -0.1) is 0 Å². The first-order chi connectivity index (χ1) is 14.4. The summed E-state index contributed by atoms with van der Waals surface area (Å²) in [6.45, 7) is 6.22. The van der Waals surface area contributed by atoms with Crippen LogP contribution in [0.1, 0.15) is 33.1 Å². The molecular formula is C22H21BrN4O3. The Morgan fingerprint density at radius 1 is 1.17 bits per heavy atom. The van der Waals surface area contributed by atoms with Crippen molar-refractivity contribution in [3.63, 3.8) is 0 Å². The van der Waals surface area contributed by atoms with Crippen LogP contribution in [0.15, 0.2) is 50.0 Å². The highest BCUT2D eigenvalue weighted by atomic mass is 79.9. The Morgan fingerprint density at radius 2 is 2.00 bits per heavy atom. The lowest BCUT2D eigenvalue weighted by Crippen LogP contribution is -2.27. The third kappa shape index (κ3) is 4.09. The molecule has 1 aromatic carbocycles. The highest BCUT2D eigenvalue weighted by molar-refractivity contribution is 9.10. The second kappa shape index (κ2) is 8.31. The average Bonchev–Trinajstić information content (AvgIpc) is 3.32. The predicted octanol–water partition coefficient (Wildman–Crippen LogP) is 5.22. The van der Waals surface area contributed by atoms with Gasteiger partial charge in [-0.3, -0.25) is 4.79 Å². The van der Waals surface area contributed by atoms with E-state index >= 15 is 0 Å². The molecule has 154 valence electrons. The van der Waals surface area contributed by atoms with Gasteiger partial charge in [-0.1, -0.05) is 21.1 Å². The molecule has 3 heterocycles. The normalized spacial score (nSPS) is 11.1. The number of nitrogens with one attached hydrogen (secondary N) is 2. The first kappa shape index (κ1) is 20.2. The Labute approximate surface area is 182 Å². The van der Waals surface area contributed by atoms with Gasteiger partial charge < -0.3 is 19.6 Å². The Balaban J connectivity index is 1.54. The summed E-state index contributed by atoms with van der Waals surface area (Å²) in [7, 11) is 0. The summed E-state index contributed by atoms with van der Waals surface area (Å²) in [5.41, 5.74) is 4.70. The van der Waals surface area contributed by atoms with E-state index in [9.17, 15) is 4.79 Å². The number of amides is 1. The molecule has 0 aliphatic rings. The molecule has 0 spiro atoms. The number of hydrogen-bond donors (Lipinski definition) is 2. The van der Waals surface area contributed by atoms with E-state index in [0.29, 0.717) is 24.4 Å². The van der Waals surface area contributed by atoms with Crippen LogP contribution >= 0.6 is 15.9 Å². The average molecular weight is 469 g/mol. The van der Waals surface area contributed by atoms with Crippen LogP contribution in [0, 0.1) is 20.8 Å². The van der Waals surface area contributed by atoms with Crippen LogP contribution in [0.4, 0.5) is 11.5 Å². The minimum Gasteiger partial charge on any atom is -0.464 e. The van der Waals surface area contributed by atoms with Crippen molar-refractivity contribution < 1.29 is 13.7 Å². The van der Waals surface area contributed by atoms with E-state index < -0.39 is 0 Å². The molecule has 0 bridgehead atoms. The molecule has 0 aliphatic carbocycles. The molecule has 0 fully saturated rings. The van der Waals surface area contributed by atoms with Crippen molar-refractivity contribution in [3.8, 4) is 0 Å². The lowest BCUT2D eigenvalue weighted by Gasteiger charge is -2.11. The number of carbonyl (C=O) groups excluding carboxylic acids is 1. The van der Waals surface area contributed by atoms with Crippen LogP contribution in [0.5, 0.6) is 0 Å². The maximum atomic E-state index is 12.7. The largest absolute Gasteiger partial charge is 0.464 e. The number of pyridine rings is 1.